The topological polar surface area (TPSA) is 61.4 Å². The van der Waals surface area contributed by atoms with E-state index < -0.39 is 0 Å². The van der Waals surface area contributed by atoms with Crippen LogP contribution in [0, 0.1) is 0 Å². The van der Waals surface area contributed by atoms with Crippen molar-refractivity contribution in [2.75, 3.05) is 7.11 Å². The Morgan fingerprint density at radius 3 is 2.72 bits per heavy atom. The third kappa shape index (κ3) is 2.97. The molecule has 1 aliphatic carbocycles. The van der Waals surface area contributed by atoms with Gasteiger partial charge in [-0.1, -0.05) is 54.2 Å². The molecule has 0 saturated carbocycles. The molecule has 0 radical (unpaired) electrons. The summed E-state index contributed by atoms with van der Waals surface area (Å²) < 4.78 is 9.30. The van der Waals surface area contributed by atoms with Gasteiger partial charge < -0.3 is 4.74 Å². The fraction of sp³-hybridized carbons (Fsp3) is 0.208. The number of thiophene rings is 1. The molecule has 6 rings (SSSR count). The summed E-state index contributed by atoms with van der Waals surface area (Å²) in [5.41, 5.74) is 3.03. The Hall–Kier alpha value is -3.10. The Balaban J connectivity index is 1.63. The van der Waals surface area contributed by atoms with E-state index in [1.165, 1.54) is 16.0 Å². The van der Waals surface area contributed by atoms with Crippen molar-refractivity contribution in [3.05, 3.63) is 81.0 Å². The maximum atomic E-state index is 13.8. The lowest BCUT2D eigenvalue weighted by Crippen LogP contribution is -2.22. The maximum absolute atomic E-state index is 13.8. The van der Waals surface area contributed by atoms with E-state index in [2.05, 4.69) is 26.7 Å². The molecule has 0 saturated heterocycles. The van der Waals surface area contributed by atoms with E-state index in [9.17, 15) is 4.79 Å². The third-order valence-corrected chi connectivity index (χ3v) is 8.15. The quantitative estimate of drug-likeness (QED) is 0.350. The van der Waals surface area contributed by atoms with Gasteiger partial charge in [-0.3, -0.25) is 4.79 Å². The number of hydrogen-bond donors (Lipinski definition) is 0. The highest BCUT2D eigenvalue weighted by molar-refractivity contribution is 7.98. The van der Waals surface area contributed by atoms with Crippen LogP contribution in [-0.2, 0) is 18.6 Å². The average Bonchev–Trinajstić information content (AvgIpc) is 3.53. The van der Waals surface area contributed by atoms with Gasteiger partial charge in [-0.15, -0.1) is 21.5 Å². The van der Waals surface area contributed by atoms with E-state index in [4.69, 9.17) is 4.74 Å². The molecule has 1 aliphatic rings. The fourth-order valence-corrected chi connectivity index (χ4v) is 6.73. The smallest absolute Gasteiger partial charge is 0.268 e. The normalized spacial score (nSPS) is 13.2. The number of rotatable bonds is 5. The monoisotopic (exact) mass is 460 g/mol. The molecule has 2 aromatic carbocycles. The second kappa shape index (κ2) is 7.79. The van der Waals surface area contributed by atoms with Gasteiger partial charge in [0.15, 0.2) is 5.16 Å². The van der Waals surface area contributed by atoms with Crippen LogP contribution < -0.4 is 10.3 Å². The van der Waals surface area contributed by atoms with Crippen molar-refractivity contribution in [1.29, 1.82) is 0 Å². The highest BCUT2D eigenvalue weighted by Gasteiger charge is 2.27. The molecule has 3 aromatic heterocycles. The van der Waals surface area contributed by atoms with Crippen LogP contribution in [0.2, 0.25) is 0 Å². The van der Waals surface area contributed by atoms with Gasteiger partial charge in [0.1, 0.15) is 10.6 Å². The summed E-state index contributed by atoms with van der Waals surface area (Å²) in [5, 5.41) is 10.6. The zero-order valence-electron chi connectivity index (χ0n) is 17.4. The molecule has 160 valence electrons. The molecule has 0 bridgehead atoms. The summed E-state index contributed by atoms with van der Waals surface area (Å²) in [7, 11) is 1.62. The van der Waals surface area contributed by atoms with Crippen molar-refractivity contribution in [2.24, 2.45) is 0 Å². The van der Waals surface area contributed by atoms with E-state index in [0.717, 1.165) is 40.4 Å². The predicted octanol–water partition coefficient (Wildman–Crippen LogP) is 4.88. The molecule has 8 heteroatoms. The standard InChI is InChI=1S/C24H20N4O2S2/c1-30-18-12-6-5-11-17(18)27-21(29)20-16-10-7-13-19(16)32-22(20)28-23(27)25-26-24(28)31-14-15-8-3-2-4-9-15/h2-6,8-9,11-12H,7,10,13-14H2,1H3. The lowest BCUT2D eigenvalue weighted by molar-refractivity contribution is 0.413. The third-order valence-electron chi connectivity index (χ3n) is 5.88. The summed E-state index contributed by atoms with van der Waals surface area (Å²) in [4.78, 5) is 16.1. The number of aromatic nitrogens is 4. The summed E-state index contributed by atoms with van der Waals surface area (Å²) in [6.45, 7) is 0. The van der Waals surface area contributed by atoms with Crippen LogP contribution in [-0.4, -0.2) is 26.3 Å². The zero-order valence-corrected chi connectivity index (χ0v) is 19.1. The van der Waals surface area contributed by atoms with Gasteiger partial charge in [-0.05, 0) is 42.5 Å². The molecule has 32 heavy (non-hydrogen) atoms. The van der Waals surface area contributed by atoms with E-state index in [1.807, 2.05) is 42.5 Å². The van der Waals surface area contributed by atoms with Crippen LogP contribution >= 0.6 is 23.1 Å². The molecule has 0 amide bonds. The Bertz CT molecular complexity index is 1520. The number of para-hydroxylation sites is 2. The minimum Gasteiger partial charge on any atom is -0.495 e. The first-order chi connectivity index (χ1) is 15.8. The molecular weight excluding hydrogens is 440 g/mol. The molecule has 6 nitrogen and oxygen atoms in total. The van der Waals surface area contributed by atoms with Gasteiger partial charge in [0.2, 0.25) is 5.78 Å². The molecule has 5 aromatic rings. The van der Waals surface area contributed by atoms with Crippen molar-refractivity contribution in [2.45, 2.75) is 30.2 Å². The first-order valence-corrected chi connectivity index (χ1v) is 12.3. The SMILES string of the molecule is COc1ccccc1-n1c(=O)c2c3c(sc2n2c(SCc4ccccc4)nnc12)CCC3. The molecule has 0 N–H and O–H groups in total. The molecule has 0 unspecified atom stereocenters. The highest BCUT2D eigenvalue weighted by atomic mass is 32.2. The van der Waals surface area contributed by atoms with Crippen LogP contribution in [0.3, 0.4) is 0 Å². The van der Waals surface area contributed by atoms with E-state index in [1.54, 1.807) is 34.8 Å². The second-order valence-corrected chi connectivity index (χ2v) is 9.77. The first kappa shape index (κ1) is 19.6. The number of ether oxygens (including phenoxy) is 1. The summed E-state index contributed by atoms with van der Waals surface area (Å²) in [6, 6.07) is 17.9. The van der Waals surface area contributed by atoms with E-state index in [-0.39, 0.29) is 5.56 Å². The number of aryl methyl sites for hydroxylation is 2. The lowest BCUT2D eigenvalue weighted by Gasteiger charge is -2.13. The predicted molar refractivity (Wildman–Crippen MR) is 129 cm³/mol. The van der Waals surface area contributed by atoms with Gasteiger partial charge in [-0.25, -0.2) is 8.97 Å². The van der Waals surface area contributed by atoms with Gasteiger partial charge in [0, 0.05) is 10.6 Å². The first-order valence-electron chi connectivity index (χ1n) is 10.5. The molecular formula is C24H20N4O2S2. The van der Waals surface area contributed by atoms with Crippen LogP contribution in [0.4, 0.5) is 0 Å². The number of thioether (sulfide) groups is 1. The Morgan fingerprint density at radius 2 is 1.88 bits per heavy atom. The number of benzene rings is 2. The van der Waals surface area contributed by atoms with Crippen molar-refractivity contribution >= 4 is 39.1 Å². The second-order valence-electron chi connectivity index (χ2n) is 7.74. The Labute approximate surface area is 192 Å². The van der Waals surface area contributed by atoms with E-state index in [0.29, 0.717) is 17.2 Å². The van der Waals surface area contributed by atoms with Crippen molar-refractivity contribution in [1.82, 2.24) is 19.2 Å². The summed E-state index contributed by atoms with van der Waals surface area (Å²) in [5.74, 6) is 1.92. The number of fused-ring (bicyclic) bond motifs is 5. The number of methoxy groups -OCH3 is 1. The fourth-order valence-electron chi connectivity index (χ4n) is 4.40. The lowest BCUT2D eigenvalue weighted by atomic mass is 10.2. The van der Waals surface area contributed by atoms with Crippen LogP contribution in [0.5, 0.6) is 5.75 Å². The largest absolute Gasteiger partial charge is 0.495 e. The molecule has 0 fully saturated rings. The average molecular weight is 461 g/mol. The molecule has 3 heterocycles. The van der Waals surface area contributed by atoms with Crippen LogP contribution in [0.1, 0.15) is 22.4 Å². The maximum Gasteiger partial charge on any atom is 0.268 e. The van der Waals surface area contributed by atoms with Gasteiger partial charge in [-0.2, -0.15) is 0 Å². The molecule has 0 atom stereocenters. The minimum atomic E-state index is -0.0524. The van der Waals surface area contributed by atoms with E-state index >= 15 is 0 Å². The van der Waals surface area contributed by atoms with Gasteiger partial charge in [0.05, 0.1) is 18.2 Å². The summed E-state index contributed by atoms with van der Waals surface area (Å²) in [6.07, 6.45) is 3.07. The molecule has 0 aliphatic heterocycles. The van der Waals surface area contributed by atoms with Gasteiger partial charge >= 0.3 is 0 Å². The van der Waals surface area contributed by atoms with Crippen molar-refractivity contribution in [3.63, 3.8) is 0 Å². The van der Waals surface area contributed by atoms with Crippen LogP contribution in [0.25, 0.3) is 21.7 Å². The zero-order chi connectivity index (χ0) is 21.7. The minimum absolute atomic E-state index is 0.0524. The number of nitrogens with zero attached hydrogens (tertiary/aromatic N) is 4. The number of hydrogen-bond acceptors (Lipinski definition) is 6. The highest BCUT2D eigenvalue weighted by Crippen LogP contribution is 2.38. The Kier molecular flexibility index (Phi) is 4.77. The molecule has 0 spiro atoms. The van der Waals surface area contributed by atoms with Crippen molar-refractivity contribution in [3.8, 4) is 11.4 Å². The summed E-state index contributed by atoms with van der Waals surface area (Å²) >= 11 is 3.34. The van der Waals surface area contributed by atoms with Gasteiger partial charge in [0.25, 0.3) is 5.56 Å². The Morgan fingerprint density at radius 1 is 1.06 bits per heavy atom. The van der Waals surface area contributed by atoms with Crippen molar-refractivity contribution < 1.29 is 4.74 Å². The van der Waals surface area contributed by atoms with Crippen LogP contribution in [0.15, 0.2) is 64.5 Å².